The molecule has 0 aliphatic carbocycles. The van der Waals surface area contributed by atoms with Crippen molar-refractivity contribution in [2.45, 2.75) is 53.1 Å². The zero-order chi connectivity index (χ0) is 14.1. The minimum Gasteiger partial charge on any atom is -0.465 e. The van der Waals surface area contributed by atoms with Crippen LogP contribution in [-0.2, 0) is 14.3 Å². The number of esters is 1. The summed E-state index contributed by atoms with van der Waals surface area (Å²) in [5.74, 6) is -0.373. The highest BCUT2D eigenvalue weighted by Gasteiger charge is 2.22. The van der Waals surface area contributed by atoms with Gasteiger partial charge in [0.15, 0.2) is 0 Å². The first-order chi connectivity index (χ1) is 8.42. The van der Waals surface area contributed by atoms with Crippen LogP contribution in [0.4, 0.5) is 0 Å². The maximum Gasteiger partial charge on any atom is 0.325 e. The van der Waals surface area contributed by atoms with E-state index in [0.717, 1.165) is 6.54 Å². The summed E-state index contributed by atoms with van der Waals surface area (Å²) in [6, 6.07) is 0.113. The Bertz CT molecular complexity index is 267. The summed E-state index contributed by atoms with van der Waals surface area (Å²) in [4.78, 5) is 25.1. The summed E-state index contributed by atoms with van der Waals surface area (Å²) >= 11 is 0. The molecule has 5 heteroatoms. The molecule has 0 aliphatic heterocycles. The van der Waals surface area contributed by atoms with Crippen LogP contribution in [0.5, 0.6) is 0 Å². The Labute approximate surface area is 110 Å². The molecule has 0 aromatic rings. The van der Waals surface area contributed by atoms with Gasteiger partial charge in [-0.1, -0.05) is 6.92 Å². The van der Waals surface area contributed by atoms with Crippen molar-refractivity contribution in [2.75, 3.05) is 19.7 Å². The molecule has 0 aromatic carbocycles. The van der Waals surface area contributed by atoms with Crippen LogP contribution in [0.1, 0.15) is 41.0 Å². The van der Waals surface area contributed by atoms with Gasteiger partial charge in [0.25, 0.3) is 0 Å². The number of rotatable bonds is 8. The Morgan fingerprint density at radius 1 is 1.22 bits per heavy atom. The molecule has 0 aromatic heterocycles. The maximum absolute atomic E-state index is 12.1. The normalized spacial score (nSPS) is 12.3. The van der Waals surface area contributed by atoms with Gasteiger partial charge in [0.05, 0.1) is 6.61 Å². The number of hydrogen-bond acceptors (Lipinski definition) is 4. The predicted molar refractivity (Wildman–Crippen MR) is 71.2 cm³/mol. The van der Waals surface area contributed by atoms with Gasteiger partial charge in [0.2, 0.25) is 5.91 Å². The fourth-order valence-corrected chi connectivity index (χ4v) is 1.70. The molecule has 0 fully saturated rings. The van der Waals surface area contributed by atoms with Gasteiger partial charge in [0.1, 0.15) is 6.54 Å². The minimum absolute atomic E-state index is 0.00395. The zero-order valence-corrected chi connectivity index (χ0v) is 12.2. The van der Waals surface area contributed by atoms with E-state index in [4.69, 9.17) is 4.74 Å². The summed E-state index contributed by atoms with van der Waals surface area (Å²) in [7, 11) is 0. The molecule has 0 spiro atoms. The Morgan fingerprint density at radius 2 is 1.83 bits per heavy atom. The third kappa shape index (κ3) is 6.59. The van der Waals surface area contributed by atoms with Crippen molar-refractivity contribution in [3.05, 3.63) is 0 Å². The Hall–Kier alpha value is -1.10. The number of ether oxygens (including phenoxy) is 1. The molecular formula is C13H26N2O3. The summed E-state index contributed by atoms with van der Waals surface area (Å²) in [5, 5.41) is 3.18. The second-order valence-electron chi connectivity index (χ2n) is 4.58. The molecule has 18 heavy (non-hydrogen) atoms. The van der Waals surface area contributed by atoms with E-state index in [9.17, 15) is 9.59 Å². The highest BCUT2D eigenvalue weighted by Crippen LogP contribution is 2.04. The fraction of sp³-hybridized carbons (Fsp3) is 0.846. The van der Waals surface area contributed by atoms with E-state index < -0.39 is 0 Å². The van der Waals surface area contributed by atoms with Crippen LogP contribution in [0.2, 0.25) is 0 Å². The van der Waals surface area contributed by atoms with E-state index in [1.165, 1.54) is 0 Å². The molecule has 0 aliphatic rings. The maximum atomic E-state index is 12.1. The van der Waals surface area contributed by atoms with Crippen LogP contribution in [-0.4, -0.2) is 48.6 Å². The molecule has 1 atom stereocenters. The summed E-state index contributed by atoms with van der Waals surface area (Å²) < 4.78 is 4.88. The van der Waals surface area contributed by atoms with Crippen LogP contribution < -0.4 is 5.32 Å². The lowest BCUT2D eigenvalue weighted by atomic mass is 10.2. The molecule has 1 amide bonds. The zero-order valence-electron chi connectivity index (χ0n) is 12.2. The van der Waals surface area contributed by atoms with Gasteiger partial charge in [-0.25, -0.2) is 0 Å². The van der Waals surface area contributed by atoms with Crippen LogP contribution >= 0.6 is 0 Å². The monoisotopic (exact) mass is 258 g/mol. The van der Waals surface area contributed by atoms with Crippen molar-refractivity contribution in [3.8, 4) is 0 Å². The first kappa shape index (κ1) is 16.9. The lowest BCUT2D eigenvalue weighted by molar-refractivity contribution is -0.150. The predicted octanol–water partition coefficient (Wildman–Crippen LogP) is 1.17. The highest BCUT2D eigenvalue weighted by molar-refractivity contribution is 5.82. The van der Waals surface area contributed by atoms with Crippen LogP contribution in [0.15, 0.2) is 0 Å². The average molecular weight is 258 g/mol. The lowest BCUT2D eigenvalue weighted by Crippen LogP contribution is -2.43. The van der Waals surface area contributed by atoms with Crippen molar-refractivity contribution in [2.24, 2.45) is 0 Å². The first-order valence-corrected chi connectivity index (χ1v) is 6.60. The summed E-state index contributed by atoms with van der Waals surface area (Å²) in [5.41, 5.74) is 0. The number of nitrogens with one attached hydrogen (secondary N) is 1. The first-order valence-electron chi connectivity index (χ1n) is 6.60. The highest BCUT2D eigenvalue weighted by atomic mass is 16.5. The molecule has 106 valence electrons. The smallest absolute Gasteiger partial charge is 0.325 e. The van der Waals surface area contributed by atoms with Gasteiger partial charge in [-0.3, -0.25) is 9.59 Å². The molecule has 1 N–H and O–H groups in total. The third-order valence-corrected chi connectivity index (χ3v) is 2.58. The quantitative estimate of drug-likeness (QED) is 0.664. The van der Waals surface area contributed by atoms with E-state index in [-0.39, 0.29) is 30.5 Å². The number of amides is 1. The standard InChI is InChI=1S/C13H26N2O3/c1-6-14-11(5)8-12(16)15(10(3)4)9-13(17)18-7-2/h10-11,14H,6-9H2,1-5H3. The van der Waals surface area contributed by atoms with Crippen molar-refractivity contribution < 1.29 is 14.3 Å². The topological polar surface area (TPSA) is 58.6 Å². The number of carbonyl (C=O) groups is 2. The second kappa shape index (κ2) is 8.91. The molecule has 0 rings (SSSR count). The SMILES string of the molecule is CCNC(C)CC(=O)N(CC(=O)OCC)C(C)C. The number of nitrogens with zero attached hydrogens (tertiary/aromatic N) is 1. The van der Waals surface area contributed by atoms with E-state index in [0.29, 0.717) is 13.0 Å². The molecule has 0 heterocycles. The van der Waals surface area contributed by atoms with Crippen molar-refractivity contribution >= 4 is 11.9 Å². The van der Waals surface area contributed by atoms with Crippen molar-refractivity contribution in [3.63, 3.8) is 0 Å². The minimum atomic E-state index is -0.351. The number of carbonyl (C=O) groups excluding carboxylic acids is 2. The van der Waals surface area contributed by atoms with Gasteiger partial charge < -0.3 is 15.0 Å². The van der Waals surface area contributed by atoms with E-state index >= 15 is 0 Å². The van der Waals surface area contributed by atoms with Gasteiger partial charge in [-0.2, -0.15) is 0 Å². The van der Waals surface area contributed by atoms with Crippen molar-refractivity contribution in [1.29, 1.82) is 0 Å². The lowest BCUT2D eigenvalue weighted by Gasteiger charge is -2.27. The summed E-state index contributed by atoms with van der Waals surface area (Å²) in [6.45, 7) is 10.7. The third-order valence-electron chi connectivity index (χ3n) is 2.58. The molecule has 0 bridgehead atoms. The Kier molecular flexibility index (Phi) is 8.37. The van der Waals surface area contributed by atoms with Gasteiger partial charge in [0, 0.05) is 18.5 Å². The van der Waals surface area contributed by atoms with Crippen molar-refractivity contribution in [1.82, 2.24) is 10.2 Å². The molecule has 1 unspecified atom stereocenters. The molecule has 0 saturated carbocycles. The molecule has 0 saturated heterocycles. The molecule has 0 radical (unpaired) electrons. The Morgan fingerprint density at radius 3 is 2.28 bits per heavy atom. The average Bonchev–Trinajstić information content (AvgIpc) is 2.25. The largest absolute Gasteiger partial charge is 0.465 e. The summed E-state index contributed by atoms with van der Waals surface area (Å²) in [6.07, 6.45) is 0.394. The van der Waals surface area contributed by atoms with Gasteiger partial charge >= 0.3 is 5.97 Å². The number of hydrogen-bond donors (Lipinski definition) is 1. The van der Waals surface area contributed by atoms with Crippen LogP contribution in [0.3, 0.4) is 0 Å². The van der Waals surface area contributed by atoms with Gasteiger partial charge in [-0.15, -0.1) is 0 Å². The molecular weight excluding hydrogens is 232 g/mol. The van der Waals surface area contributed by atoms with E-state index in [2.05, 4.69) is 5.32 Å². The Balaban J connectivity index is 4.40. The van der Waals surface area contributed by atoms with Crippen LogP contribution in [0, 0.1) is 0 Å². The van der Waals surface area contributed by atoms with E-state index in [1.807, 2.05) is 27.7 Å². The molecule has 5 nitrogen and oxygen atoms in total. The van der Waals surface area contributed by atoms with Crippen LogP contribution in [0.25, 0.3) is 0 Å². The fourth-order valence-electron chi connectivity index (χ4n) is 1.70. The second-order valence-corrected chi connectivity index (χ2v) is 4.58. The van der Waals surface area contributed by atoms with Gasteiger partial charge in [-0.05, 0) is 34.2 Å². The van der Waals surface area contributed by atoms with E-state index in [1.54, 1.807) is 11.8 Å².